The molecular weight excluding hydrogens is 370 g/mol. The Hall–Kier alpha value is -2.18. The standard InChI is InChI=1S/C18H18BrN3O2/c1-2-17-18(24-16-5-3-4-15(19)10-16)22(21-20-17)11-13-6-8-14(12-23)9-7-13/h3-10,23H,2,11-12H2,1H3. The number of halogens is 1. The van der Waals surface area contributed by atoms with Gasteiger partial charge in [-0.05, 0) is 35.7 Å². The Morgan fingerprint density at radius 2 is 1.88 bits per heavy atom. The van der Waals surface area contributed by atoms with Crippen molar-refractivity contribution in [3.8, 4) is 11.6 Å². The molecule has 124 valence electrons. The largest absolute Gasteiger partial charge is 0.437 e. The van der Waals surface area contributed by atoms with E-state index in [1.807, 2.05) is 55.5 Å². The van der Waals surface area contributed by atoms with Crippen LogP contribution in [0.4, 0.5) is 0 Å². The topological polar surface area (TPSA) is 60.2 Å². The van der Waals surface area contributed by atoms with Crippen LogP contribution in [0.25, 0.3) is 0 Å². The highest BCUT2D eigenvalue weighted by molar-refractivity contribution is 9.10. The van der Waals surface area contributed by atoms with Gasteiger partial charge >= 0.3 is 0 Å². The molecule has 6 heteroatoms. The Morgan fingerprint density at radius 3 is 2.54 bits per heavy atom. The van der Waals surface area contributed by atoms with E-state index in [1.54, 1.807) is 4.68 Å². The molecule has 3 rings (SSSR count). The molecule has 1 heterocycles. The first kappa shape index (κ1) is 16.7. The number of aryl methyl sites for hydroxylation is 1. The summed E-state index contributed by atoms with van der Waals surface area (Å²) in [6.45, 7) is 2.63. The van der Waals surface area contributed by atoms with Crippen molar-refractivity contribution in [2.75, 3.05) is 0 Å². The highest BCUT2D eigenvalue weighted by Crippen LogP contribution is 2.27. The van der Waals surface area contributed by atoms with Gasteiger partial charge in [-0.25, -0.2) is 4.68 Å². The molecule has 2 aromatic carbocycles. The van der Waals surface area contributed by atoms with Crippen LogP contribution in [-0.2, 0) is 19.6 Å². The molecule has 0 saturated heterocycles. The van der Waals surface area contributed by atoms with Crippen LogP contribution in [0, 0.1) is 0 Å². The number of aromatic nitrogens is 3. The molecule has 0 aliphatic heterocycles. The molecule has 0 aliphatic carbocycles. The summed E-state index contributed by atoms with van der Waals surface area (Å²) in [5.41, 5.74) is 2.78. The zero-order valence-electron chi connectivity index (χ0n) is 13.3. The maximum atomic E-state index is 9.13. The summed E-state index contributed by atoms with van der Waals surface area (Å²) >= 11 is 3.45. The molecular formula is C18H18BrN3O2. The van der Waals surface area contributed by atoms with Crippen molar-refractivity contribution in [1.82, 2.24) is 15.0 Å². The third-order valence-corrected chi connectivity index (χ3v) is 4.13. The van der Waals surface area contributed by atoms with Crippen LogP contribution in [0.3, 0.4) is 0 Å². The summed E-state index contributed by atoms with van der Waals surface area (Å²) in [5.74, 6) is 1.39. The second-order valence-electron chi connectivity index (χ2n) is 5.39. The molecule has 0 radical (unpaired) electrons. The van der Waals surface area contributed by atoms with E-state index in [1.165, 1.54) is 0 Å². The lowest BCUT2D eigenvalue weighted by atomic mass is 10.1. The molecule has 24 heavy (non-hydrogen) atoms. The van der Waals surface area contributed by atoms with Crippen LogP contribution in [0.5, 0.6) is 11.6 Å². The normalized spacial score (nSPS) is 10.8. The maximum Gasteiger partial charge on any atom is 0.241 e. The van der Waals surface area contributed by atoms with Crippen molar-refractivity contribution >= 4 is 15.9 Å². The number of nitrogens with zero attached hydrogens (tertiary/aromatic N) is 3. The molecule has 5 nitrogen and oxygen atoms in total. The monoisotopic (exact) mass is 387 g/mol. The van der Waals surface area contributed by atoms with Crippen molar-refractivity contribution in [3.05, 3.63) is 69.8 Å². The average molecular weight is 388 g/mol. The highest BCUT2D eigenvalue weighted by Gasteiger charge is 2.14. The van der Waals surface area contributed by atoms with E-state index >= 15 is 0 Å². The SMILES string of the molecule is CCc1nnn(Cc2ccc(CO)cc2)c1Oc1cccc(Br)c1. The number of hydrogen-bond donors (Lipinski definition) is 1. The molecule has 0 aliphatic rings. The molecule has 0 fully saturated rings. The minimum absolute atomic E-state index is 0.0425. The first-order chi connectivity index (χ1) is 11.7. The lowest BCUT2D eigenvalue weighted by Gasteiger charge is -2.10. The number of ether oxygens (including phenoxy) is 1. The summed E-state index contributed by atoms with van der Waals surface area (Å²) < 4.78 is 8.75. The molecule has 1 aromatic heterocycles. The second kappa shape index (κ2) is 7.59. The van der Waals surface area contributed by atoms with E-state index in [9.17, 15) is 0 Å². The smallest absolute Gasteiger partial charge is 0.241 e. The number of rotatable bonds is 6. The van der Waals surface area contributed by atoms with Gasteiger partial charge in [0.05, 0.1) is 13.2 Å². The zero-order chi connectivity index (χ0) is 16.9. The lowest BCUT2D eigenvalue weighted by molar-refractivity contribution is 0.282. The molecule has 3 aromatic rings. The molecule has 0 unspecified atom stereocenters. The third-order valence-electron chi connectivity index (χ3n) is 3.64. The van der Waals surface area contributed by atoms with E-state index in [4.69, 9.17) is 9.84 Å². The molecule has 0 atom stereocenters. The fourth-order valence-corrected chi connectivity index (χ4v) is 2.72. The van der Waals surface area contributed by atoms with Crippen molar-refractivity contribution in [2.45, 2.75) is 26.5 Å². The number of aliphatic hydroxyl groups excluding tert-OH is 1. The summed E-state index contributed by atoms with van der Waals surface area (Å²) in [4.78, 5) is 0. The Morgan fingerprint density at radius 1 is 1.12 bits per heavy atom. The van der Waals surface area contributed by atoms with Crippen LogP contribution in [0.1, 0.15) is 23.7 Å². The predicted molar refractivity (Wildman–Crippen MR) is 95.1 cm³/mol. The molecule has 0 saturated carbocycles. The van der Waals surface area contributed by atoms with E-state index in [2.05, 4.69) is 26.2 Å². The summed E-state index contributed by atoms with van der Waals surface area (Å²) in [6.07, 6.45) is 0.743. The summed E-state index contributed by atoms with van der Waals surface area (Å²) in [5, 5.41) is 17.6. The Kier molecular flexibility index (Phi) is 5.27. The fraction of sp³-hybridized carbons (Fsp3) is 0.222. The van der Waals surface area contributed by atoms with Crippen molar-refractivity contribution < 1.29 is 9.84 Å². The molecule has 0 spiro atoms. The minimum Gasteiger partial charge on any atom is -0.437 e. The van der Waals surface area contributed by atoms with Gasteiger partial charge in [-0.3, -0.25) is 0 Å². The predicted octanol–water partition coefficient (Wildman–Crippen LogP) is 3.94. The van der Waals surface area contributed by atoms with Crippen molar-refractivity contribution in [3.63, 3.8) is 0 Å². The van der Waals surface area contributed by atoms with E-state index < -0.39 is 0 Å². The molecule has 0 amide bonds. The maximum absolute atomic E-state index is 9.13. The van der Waals surface area contributed by atoms with Crippen LogP contribution < -0.4 is 4.74 Å². The number of benzene rings is 2. The van der Waals surface area contributed by atoms with Crippen LogP contribution in [0.15, 0.2) is 53.0 Å². The van der Waals surface area contributed by atoms with Gasteiger partial charge < -0.3 is 9.84 Å². The number of hydrogen-bond acceptors (Lipinski definition) is 4. The molecule has 0 bridgehead atoms. The first-order valence-corrected chi connectivity index (χ1v) is 8.53. The van der Waals surface area contributed by atoms with Gasteiger partial charge in [0.15, 0.2) is 0 Å². The van der Waals surface area contributed by atoms with Crippen LogP contribution in [0.2, 0.25) is 0 Å². The van der Waals surface area contributed by atoms with Gasteiger partial charge in [0.1, 0.15) is 11.4 Å². The lowest BCUT2D eigenvalue weighted by Crippen LogP contribution is -2.05. The third kappa shape index (κ3) is 3.83. The highest BCUT2D eigenvalue weighted by atomic mass is 79.9. The van der Waals surface area contributed by atoms with E-state index in [0.29, 0.717) is 12.4 Å². The Balaban J connectivity index is 1.86. The van der Waals surface area contributed by atoms with Gasteiger partial charge in [0.25, 0.3) is 0 Å². The van der Waals surface area contributed by atoms with Gasteiger partial charge in [0, 0.05) is 4.47 Å². The minimum atomic E-state index is 0.0425. The Labute approximate surface area is 149 Å². The van der Waals surface area contributed by atoms with Crippen molar-refractivity contribution in [1.29, 1.82) is 0 Å². The van der Waals surface area contributed by atoms with E-state index in [-0.39, 0.29) is 6.61 Å². The van der Waals surface area contributed by atoms with Gasteiger partial charge in [-0.2, -0.15) is 0 Å². The van der Waals surface area contributed by atoms with Crippen LogP contribution >= 0.6 is 15.9 Å². The average Bonchev–Trinajstić information content (AvgIpc) is 2.97. The van der Waals surface area contributed by atoms with E-state index in [0.717, 1.165) is 33.5 Å². The van der Waals surface area contributed by atoms with Gasteiger partial charge in [0.2, 0.25) is 5.88 Å². The van der Waals surface area contributed by atoms with Gasteiger partial charge in [-0.15, -0.1) is 5.10 Å². The first-order valence-electron chi connectivity index (χ1n) is 7.74. The quantitative estimate of drug-likeness (QED) is 0.695. The fourth-order valence-electron chi connectivity index (χ4n) is 2.34. The van der Waals surface area contributed by atoms with Crippen molar-refractivity contribution in [2.24, 2.45) is 0 Å². The van der Waals surface area contributed by atoms with Crippen LogP contribution in [-0.4, -0.2) is 20.1 Å². The zero-order valence-corrected chi connectivity index (χ0v) is 14.9. The summed E-state index contributed by atoms with van der Waals surface area (Å²) in [7, 11) is 0. The second-order valence-corrected chi connectivity index (χ2v) is 6.30. The van der Waals surface area contributed by atoms with Gasteiger partial charge in [-0.1, -0.05) is 58.4 Å². The number of aliphatic hydroxyl groups is 1. The Bertz CT molecular complexity index is 815. The molecule has 1 N–H and O–H groups in total. The summed E-state index contributed by atoms with van der Waals surface area (Å²) in [6, 6.07) is 15.4.